The van der Waals surface area contributed by atoms with Crippen molar-refractivity contribution >= 4 is 21.2 Å². The van der Waals surface area contributed by atoms with Gasteiger partial charge in [0.1, 0.15) is 16.5 Å². The second kappa shape index (κ2) is 4.81. The number of imidazole rings is 1. The van der Waals surface area contributed by atoms with Crippen molar-refractivity contribution in [1.29, 1.82) is 0 Å². The van der Waals surface area contributed by atoms with Crippen molar-refractivity contribution in [3.63, 3.8) is 0 Å². The zero-order valence-corrected chi connectivity index (χ0v) is 12.1. The molecule has 0 aliphatic heterocycles. The third-order valence-corrected chi connectivity index (χ3v) is 4.22. The summed E-state index contributed by atoms with van der Waals surface area (Å²) in [4.78, 5) is 8.61. The maximum atomic E-state index is 11.2. The highest BCUT2D eigenvalue weighted by molar-refractivity contribution is 7.90. The number of sulfone groups is 1. The highest BCUT2D eigenvalue weighted by Gasteiger charge is 2.14. The molecule has 0 aliphatic rings. The molecule has 7 heteroatoms. The lowest BCUT2D eigenvalue weighted by molar-refractivity contribution is 0.600. The van der Waals surface area contributed by atoms with Crippen LogP contribution in [0.3, 0.4) is 0 Å². The molecule has 0 spiro atoms. The Balaban J connectivity index is 2.32. The van der Waals surface area contributed by atoms with E-state index < -0.39 is 9.84 Å². The molecule has 2 heterocycles. The van der Waals surface area contributed by atoms with Crippen LogP contribution in [-0.2, 0) is 15.6 Å². The van der Waals surface area contributed by atoms with Gasteiger partial charge in [-0.3, -0.25) is 0 Å². The maximum Gasteiger partial charge on any atom is 0.159 e. The van der Waals surface area contributed by atoms with Gasteiger partial charge in [-0.05, 0) is 13.8 Å². The third kappa shape index (κ3) is 2.97. The van der Waals surface area contributed by atoms with Crippen molar-refractivity contribution in [2.45, 2.75) is 25.6 Å². The molecule has 0 saturated carbocycles. The first kappa shape index (κ1) is 13.2. The van der Waals surface area contributed by atoms with Gasteiger partial charge in [-0.2, -0.15) is 0 Å². The standard InChI is InChI=1S/C11H15N3O2S2/c1-8(2)14-5-4-12-11(14)9-6-17-10(13-9)7-18(3,15)16/h4-6,8H,7H2,1-3H3. The molecule has 98 valence electrons. The van der Waals surface area contributed by atoms with Crippen LogP contribution in [0.25, 0.3) is 11.5 Å². The van der Waals surface area contributed by atoms with Crippen LogP contribution in [0.5, 0.6) is 0 Å². The lowest BCUT2D eigenvalue weighted by Crippen LogP contribution is -2.03. The van der Waals surface area contributed by atoms with Gasteiger partial charge in [0.15, 0.2) is 15.7 Å². The van der Waals surface area contributed by atoms with E-state index in [2.05, 4.69) is 23.8 Å². The lowest BCUT2D eigenvalue weighted by Gasteiger charge is -2.09. The van der Waals surface area contributed by atoms with Gasteiger partial charge < -0.3 is 4.57 Å². The Morgan fingerprint density at radius 3 is 2.78 bits per heavy atom. The highest BCUT2D eigenvalue weighted by atomic mass is 32.2. The molecule has 2 aromatic rings. The molecule has 2 rings (SSSR count). The summed E-state index contributed by atoms with van der Waals surface area (Å²) < 4.78 is 24.4. The first-order chi connectivity index (χ1) is 8.37. The van der Waals surface area contributed by atoms with E-state index in [4.69, 9.17) is 0 Å². The van der Waals surface area contributed by atoms with Gasteiger partial charge in [0.2, 0.25) is 0 Å². The van der Waals surface area contributed by atoms with Gasteiger partial charge in [0, 0.05) is 30.1 Å². The fraction of sp³-hybridized carbons (Fsp3) is 0.455. The predicted molar refractivity (Wildman–Crippen MR) is 72.3 cm³/mol. The average Bonchev–Trinajstić information content (AvgIpc) is 2.81. The van der Waals surface area contributed by atoms with Gasteiger partial charge in [0.25, 0.3) is 0 Å². The number of aromatic nitrogens is 3. The summed E-state index contributed by atoms with van der Waals surface area (Å²) in [6.07, 6.45) is 4.84. The summed E-state index contributed by atoms with van der Waals surface area (Å²) in [5.74, 6) is 0.765. The summed E-state index contributed by atoms with van der Waals surface area (Å²) in [7, 11) is -3.04. The highest BCUT2D eigenvalue weighted by Crippen LogP contribution is 2.23. The van der Waals surface area contributed by atoms with Gasteiger partial charge in [-0.15, -0.1) is 11.3 Å². The van der Waals surface area contributed by atoms with Crippen LogP contribution >= 0.6 is 11.3 Å². The Morgan fingerprint density at radius 1 is 1.44 bits per heavy atom. The molecule has 0 atom stereocenters. The van der Waals surface area contributed by atoms with Crippen molar-refractivity contribution in [3.8, 4) is 11.5 Å². The van der Waals surface area contributed by atoms with E-state index in [0.717, 1.165) is 11.5 Å². The summed E-state index contributed by atoms with van der Waals surface area (Å²) in [5, 5.41) is 2.45. The first-order valence-corrected chi connectivity index (χ1v) is 8.46. The maximum absolute atomic E-state index is 11.2. The minimum atomic E-state index is -3.04. The normalized spacial score (nSPS) is 12.2. The van der Waals surface area contributed by atoms with Crippen LogP contribution in [0.4, 0.5) is 0 Å². The smallest absolute Gasteiger partial charge is 0.159 e. The van der Waals surface area contributed by atoms with Crippen molar-refractivity contribution in [1.82, 2.24) is 14.5 Å². The predicted octanol–water partition coefficient (Wildman–Crippen LogP) is 2.13. The van der Waals surface area contributed by atoms with E-state index in [1.54, 1.807) is 6.20 Å². The zero-order valence-electron chi connectivity index (χ0n) is 10.5. The Morgan fingerprint density at radius 2 is 2.17 bits per heavy atom. The third-order valence-electron chi connectivity index (χ3n) is 2.39. The van der Waals surface area contributed by atoms with E-state index in [1.165, 1.54) is 17.6 Å². The topological polar surface area (TPSA) is 64.8 Å². The van der Waals surface area contributed by atoms with Crippen molar-refractivity contribution in [2.24, 2.45) is 0 Å². The molecular formula is C11H15N3O2S2. The van der Waals surface area contributed by atoms with Gasteiger partial charge in [-0.25, -0.2) is 18.4 Å². The van der Waals surface area contributed by atoms with Gasteiger partial charge >= 0.3 is 0 Å². The van der Waals surface area contributed by atoms with Crippen LogP contribution in [0, 0.1) is 0 Å². The molecule has 18 heavy (non-hydrogen) atoms. The summed E-state index contributed by atoms with van der Waals surface area (Å²) >= 11 is 1.35. The number of hydrogen-bond acceptors (Lipinski definition) is 5. The number of thiazole rings is 1. The van der Waals surface area contributed by atoms with Crippen molar-refractivity contribution in [2.75, 3.05) is 6.26 Å². The fourth-order valence-corrected chi connectivity index (χ4v) is 3.62. The number of hydrogen-bond donors (Lipinski definition) is 0. The lowest BCUT2D eigenvalue weighted by atomic mass is 10.3. The van der Waals surface area contributed by atoms with Crippen LogP contribution in [0.1, 0.15) is 24.9 Å². The van der Waals surface area contributed by atoms with Gasteiger partial charge in [-0.1, -0.05) is 0 Å². The largest absolute Gasteiger partial charge is 0.327 e. The summed E-state index contributed by atoms with van der Waals surface area (Å²) in [6, 6.07) is 0.294. The van der Waals surface area contributed by atoms with Crippen molar-refractivity contribution in [3.05, 3.63) is 22.8 Å². The minimum absolute atomic E-state index is 0.0138. The second-order valence-electron chi connectivity index (χ2n) is 4.45. The fourth-order valence-electron chi connectivity index (χ4n) is 1.63. The van der Waals surface area contributed by atoms with Crippen LogP contribution in [-0.4, -0.2) is 29.2 Å². The van der Waals surface area contributed by atoms with E-state index >= 15 is 0 Å². The SMILES string of the molecule is CC(C)n1ccnc1-c1csc(CS(C)(=O)=O)n1. The van der Waals surface area contributed by atoms with Crippen molar-refractivity contribution < 1.29 is 8.42 Å². The summed E-state index contributed by atoms with van der Waals surface area (Å²) in [6.45, 7) is 4.13. The second-order valence-corrected chi connectivity index (χ2v) is 7.53. The molecule has 0 saturated heterocycles. The molecule has 0 bridgehead atoms. The minimum Gasteiger partial charge on any atom is -0.327 e. The Labute approximate surface area is 110 Å². The Hall–Kier alpha value is -1.21. The van der Waals surface area contributed by atoms with Gasteiger partial charge in [0.05, 0.1) is 0 Å². The molecule has 0 amide bonds. The van der Waals surface area contributed by atoms with Crippen LogP contribution < -0.4 is 0 Å². The monoisotopic (exact) mass is 285 g/mol. The molecule has 0 N–H and O–H groups in total. The molecule has 5 nitrogen and oxygen atoms in total. The molecule has 2 aromatic heterocycles. The molecule has 0 radical (unpaired) electrons. The van der Waals surface area contributed by atoms with E-state index in [9.17, 15) is 8.42 Å². The molecule has 0 aliphatic carbocycles. The van der Waals surface area contributed by atoms with Crippen LogP contribution in [0.2, 0.25) is 0 Å². The molecule has 0 aromatic carbocycles. The Bertz CT molecular complexity index is 641. The van der Waals surface area contributed by atoms with E-state index in [-0.39, 0.29) is 5.75 Å². The molecule has 0 unspecified atom stereocenters. The van der Waals surface area contributed by atoms with E-state index in [0.29, 0.717) is 11.0 Å². The number of nitrogens with zero attached hydrogens (tertiary/aromatic N) is 3. The number of rotatable bonds is 4. The zero-order chi connectivity index (χ0) is 13.3. The molecule has 0 fully saturated rings. The Kier molecular flexibility index (Phi) is 3.54. The average molecular weight is 285 g/mol. The summed E-state index contributed by atoms with van der Waals surface area (Å²) in [5.41, 5.74) is 0.734. The molecular weight excluding hydrogens is 270 g/mol. The first-order valence-electron chi connectivity index (χ1n) is 5.52. The quantitative estimate of drug-likeness (QED) is 0.863. The van der Waals surface area contributed by atoms with E-state index in [1.807, 2.05) is 16.1 Å². The van der Waals surface area contributed by atoms with Crippen LogP contribution in [0.15, 0.2) is 17.8 Å².